The predicted molar refractivity (Wildman–Crippen MR) is 95.0 cm³/mol. The van der Waals surface area contributed by atoms with Gasteiger partial charge in [-0.15, -0.1) is 0 Å². The minimum atomic E-state index is -0.186. The zero-order valence-electron chi connectivity index (χ0n) is 14.6. The lowest BCUT2D eigenvalue weighted by molar-refractivity contribution is -0.134. The Bertz CT molecular complexity index is 704. The van der Waals surface area contributed by atoms with Gasteiger partial charge in [-0.2, -0.15) is 0 Å². The van der Waals surface area contributed by atoms with Gasteiger partial charge in [0.25, 0.3) is 0 Å². The number of benzene rings is 1. The third-order valence-electron chi connectivity index (χ3n) is 3.79. The van der Waals surface area contributed by atoms with Gasteiger partial charge in [-0.3, -0.25) is 14.6 Å². The lowest BCUT2D eigenvalue weighted by atomic mass is 10.1. The molecule has 0 bridgehead atoms. The molecule has 2 rings (SSSR count). The second-order valence-electron chi connectivity index (χ2n) is 5.65. The average molecular weight is 341 g/mol. The third-order valence-corrected chi connectivity index (χ3v) is 3.79. The van der Waals surface area contributed by atoms with Crippen LogP contribution >= 0.6 is 0 Å². The SMILES string of the molecule is COc1ccccc1CCNC(=O)CN(Cc1cccnc1)C(C)=O. The van der Waals surface area contributed by atoms with Crippen LogP contribution in [0.3, 0.4) is 0 Å². The van der Waals surface area contributed by atoms with E-state index in [0.29, 0.717) is 19.5 Å². The molecule has 6 heteroatoms. The Balaban J connectivity index is 1.84. The smallest absolute Gasteiger partial charge is 0.239 e. The van der Waals surface area contributed by atoms with Crippen LogP contribution in [0.5, 0.6) is 5.75 Å². The molecule has 1 heterocycles. The summed E-state index contributed by atoms with van der Waals surface area (Å²) < 4.78 is 5.29. The van der Waals surface area contributed by atoms with E-state index in [1.807, 2.05) is 30.3 Å². The van der Waals surface area contributed by atoms with Crippen molar-refractivity contribution in [1.29, 1.82) is 0 Å². The molecule has 0 unspecified atom stereocenters. The minimum Gasteiger partial charge on any atom is -0.496 e. The summed E-state index contributed by atoms with van der Waals surface area (Å²) in [6.45, 7) is 2.33. The van der Waals surface area contributed by atoms with Gasteiger partial charge < -0.3 is 15.0 Å². The molecule has 25 heavy (non-hydrogen) atoms. The number of rotatable bonds is 8. The summed E-state index contributed by atoms with van der Waals surface area (Å²) in [5.41, 5.74) is 1.92. The molecule has 0 aliphatic carbocycles. The molecular formula is C19H23N3O3. The number of ether oxygens (including phenoxy) is 1. The van der Waals surface area contributed by atoms with E-state index in [1.54, 1.807) is 25.6 Å². The Labute approximate surface area is 147 Å². The van der Waals surface area contributed by atoms with Crippen molar-refractivity contribution in [2.45, 2.75) is 19.9 Å². The lowest BCUT2D eigenvalue weighted by Crippen LogP contribution is -2.40. The van der Waals surface area contributed by atoms with E-state index in [-0.39, 0.29) is 18.4 Å². The van der Waals surface area contributed by atoms with Crippen LogP contribution < -0.4 is 10.1 Å². The normalized spacial score (nSPS) is 10.2. The van der Waals surface area contributed by atoms with Crippen molar-refractivity contribution in [2.75, 3.05) is 20.2 Å². The van der Waals surface area contributed by atoms with E-state index in [0.717, 1.165) is 16.9 Å². The van der Waals surface area contributed by atoms with Crippen LogP contribution in [0, 0.1) is 0 Å². The monoisotopic (exact) mass is 341 g/mol. The standard InChI is InChI=1S/C19H23N3O3/c1-15(23)22(13-16-6-5-10-20-12-16)14-19(24)21-11-9-17-7-3-4-8-18(17)25-2/h3-8,10,12H,9,11,13-14H2,1-2H3,(H,21,24). The maximum Gasteiger partial charge on any atom is 0.239 e. The molecular weight excluding hydrogens is 318 g/mol. The summed E-state index contributed by atoms with van der Waals surface area (Å²) in [6, 6.07) is 11.4. The second kappa shape index (κ2) is 9.42. The zero-order valence-corrected chi connectivity index (χ0v) is 14.6. The van der Waals surface area contributed by atoms with E-state index < -0.39 is 0 Å². The topological polar surface area (TPSA) is 71.5 Å². The lowest BCUT2D eigenvalue weighted by Gasteiger charge is -2.20. The van der Waals surface area contributed by atoms with E-state index >= 15 is 0 Å². The maximum absolute atomic E-state index is 12.1. The third kappa shape index (κ3) is 5.91. The van der Waals surface area contributed by atoms with Crippen molar-refractivity contribution < 1.29 is 14.3 Å². The van der Waals surface area contributed by atoms with E-state index in [9.17, 15) is 9.59 Å². The quantitative estimate of drug-likeness (QED) is 0.795. The Morgan fingerprint density at radius 2 is 2.00 bits per heavy atom. The molecule has 0 atom stereocenters. The number of amides is 2. The molecule has 2 aromatic rings. The molecule has 0 fully saturated rings. The number of para-hydroxylation sites is 1. The largest absolute Gasteiger partial charge is 0.496 e. The van der Waals surface area contributed by atoms with Gasteiger partial charge in [-0.25, -0.2) is 0 Å². The van der Waals surface area contributed by atoms with Crippen molar-refractivity contribution in [3.05, 3.63) is 59.9 Å². The highest BCUT2D eigenvalue weighted by Gasteiger charge is 2.14. The minimum absolute atomic E-state index is 0.0240. The summed E-state index contributed by atoms with van der Waals surface area (Å²) in [5.74, 6) is 0.469. The Morgan fingerprint density at radius 3 is 2.68 bits per heavy atom. The predicted octanol–water partition coefficient (Wildman–Crippen LogP) is 1.80. The highest BCUT2D eigenvalue weighted by atomic mass is 16.5. The number of carbonyl (C=O) groups excluding carboxylic acids is 2. The van der Waals surface area contributed by atoms with Gasteiger partial charge in [-0.05, 0) is 29.7 Å². The van der Waals surface area contributed by atoms with Crippen molar-refractivity contribution >= 4 is 11.8 Å². The van der Waals surface area contributed by atoms with E-state index in [2.05, 4.69) is 10.3 Å². The summed E-state index contributed by atoms with van der Waals surface area (Å²) in [4.78, 5) is 29.4. The Morgan fingerprint density at radius 1 is 1.20 bits per heavy atom. The van der Waals surface area contributed by atoms with Crippen LogP contribution in [-0.4, -0.2) is 41.9 Å². The fourth-order valence-corrected chi connectivity index (χ4v) is 2.47. The van der Waals surface area contributed by atoms with Crippen LogP contribution in [0.2, 0.25) is 0 Å². The van der Waals surface area contributed by atoms with Gasteiger partial charge >= 0.3 is 0 Å². The fraction of sp³-hybridized carbons (Fsp3) is 0.316. The van der Waals surface area contributed by atoms with E-state index in [4.69, 9.17) is 4.74 Å². The number of nitrogens with one attached hydrogen (secondary N) is 1. The van der Waals surface area contributed by atoms with Gasteiger partial charge in [-0.1, -0.05) is 24.3 Å². The van der Waals surface area contributed by atoms with Crippen molar-refractivity contribution in [3.63, 3.8) is 0 Å². The number of nitrogens with zero attached hydrogens (tertiary/aromatic N) is 2. The van der Waals surface area contributed by atoms with Crippen LogP contribution in [0.25, 0.3) is 0 Å². The molecule has 0 radical (unpaired) electrons. The maximum atomic E-state index is 12.1. The molecule has 6 nitrogen and oxygen atoms in total. The van der Waals surface area contributed by atoms with Crippen LogP contribution in [0.4, 0.5) is 0 Å². The molecule has 0 aliphatic rings. The van der Waals surface area contributed by atoms with Crippen molar-refractivity contribution in [3.8, 4) is 5.75 Å². The number of carbonyl (C=O) groups is 2. The first-order valence-corrected chi connectivity index (χ1v) is 8.13. The highest BCUT2D eigenvalue weighted by Crippen LogP contribution is 2.17. The summed E-state index contributed by atoms with van der Waals surface area (Å²) >= 11 is 0. The number of aromatic nitrogens is 1. The molecule has 0 saturated carbocycles. The van der Waals surface area contributed by atoms with Gasteiger partial charge in [0.05, 0.1) is 13.7 Å². The van der Waals surface area contributed by atoms with Crippen LogP contribution in [-0.2, 0) is 22.6 Å². The number of methoxy groups -OCH3 is 1. The first-order chi connectivity index (χ1) is 12.1. The molecule has 1 aromatic carbocycles. The fourth-order valence-electron chi connectivity index (χ4n) is 2.47. The Kier molecular flexibility index (Phi) is 6.95. The average Bonchev–Trinajstić information content (AvgIpc) is 2.62. The number of hydrogen-bond acceptors (Lipinski definition) is 4. The first kappa shape index (κ1) is 18.4. The zero-order chi connectivity index (χ0) is 18.1. The first-order valence-electron chi connectivity index (χ1n) is 8.13. The molecule has 2 amide bonds. The molecule has 0 aliphatic heterocycles. The molecule has 1 N–H and O–H groups in total. The second-order valence-corrected chi connectivity index (χ2v) is 5.65. The van der Waals surface area contributed by atoms with Crippen molar-refractivity contribution in [2.24, 2.45) is 0 Å². The highest BCUT2D eigenvalue weighted by molar-refractivity contribution is 5.83. The molecule has 132 valence electrons. The summed E-state index contributed by atoms with van der Waals surface area (Å²) in [7, 11) is 1.63. The summed E-state index contributed by atoms with van der Waals surface area (Å²) in [5, 5.41) is 2.85. The van der Waals surface area contributed by atoms with Crippen molar-refractivity contribution in [1.82, 2.24) is 15.2 Å². The number of pyridine rings is 1. The summed E-state index contributed by atoms with van der Waals surface area (Å²) in [6.07, 6.45) is 4.03. The van der Waals surface area contributed by atoms with Crippen LogP contribution in [0.15, 0.2) is 48.8 Å². The molecule has 0 spiro atoms. The molecule has 0 saturated heterocycles. The van der Waals surface area contributed by atoms with Crippen LogP contribution in [0.1, 0.15) is 18.1 Å². The van der Waals surface area contributed by atoms with Gasteiger partial charge in [0.15, 0.2) is 0 Å². The van der Waals surface area contributed by atoms with Gasteiger partial charge in [0.2, 0.25) is 11.8 Å². The Hall–Kier alpha value is -2.89. The van der Waals surface area contributed by atoms with Gasteiger partial charge in [0, 0.05) is 32.4 Å². The van der Waals surface area contributed by atoms with Gasteiger partial charge in [0.1, 0.15) is 5.75 Å². The number of hydrogen-bond donors (Lipinski definition) is 1. The van der Waals surface area contributed by atoms with E-state index in [1.165, 1.54) is 11.8 Å². The molecule has 1 aromatic heterocycles.